The Balaban J connectivity index is 1.40. The van der Waals surface area contributed by atoms with E-state index in [9.17, 15) is 19.7 Å². The van der Waals surface area contributed by atoms with Gasteiger partial charge in [0.05, 0.1) is 23.2 Å². The first-order valence-corrected chi connectivity index (χ1v) is 10.3. The number of hydrogen-bond acceptors (Lipinski definition) is 7. The molecule has 1 N–H and O–H groups in total. The van der Waals surface area contributed by atoms with Crippen molar-refractivity contribution in [1.82, 2.24) is 0 Å². The van der Waals surface area contributed by atoms with Crippen LogP contribution >= 0.6 is 0 Å². The Morgan fingerprint density at radius 3 is 2.58 bits per heavy atom. The summed E-state index contributed by atoms with van der Waals surface area (Å²) in [5.41, 5.74) is 2.10. The van der Waals surface area contributed by atoms with E-state index in [0.29, 0.717) is 11.4 Å². The summed E-state index contributed by atoms with van der Waals surface area (Å²) < 4.78 is 5.11. The number of piperidine rings is 1. The van der Waals surface area contributed by atoms with Crippen LogP contribution in [0.5, 0.6) is 5.75 Å². The molecule has 4 rings (SSSR count). The van der Waals surface area contributed by atoms with Gasteiger partial charge in [-0.25, -0.2) is 4.79 Å². The first kappa shape index (κ1) is 20.6. The van der Waals surface area contributed by atoms with Gasteiger partial charge >= 0.3 is 5.97 Å². The molecule has 0 spiro atoms. The van der Waals surface area contributed by atoms with Crippen molar-refractivity contribution in [2.45, 2.75) is 19.8 Å². The zero-order chi connectivity index (χ0) is 22.0. The number of amides is 1. The van der Waals surface area contributed by atoms with Crippen LogP contribution in [0.15, 0.2) is 42.5 Å². The third-order valence-corrected chi connectivity index (χ3v) is 5.67. The molecule has 0 aromatic heterocycles. The van der Waals surface area contributed by atoms with Crippen molar-refractivity contribution in [1.29, 1.82) is 0 Å². The summed E-state index contributed by atoms with van der Waals surface area (Å²) in [6.45, 7) is 4.17. The second-order valence-electron chi connectivity index (χ2n) is 8.00. The number of rotatable bonds is 5. The minimum Gasteiger partial charge on any atom is -0.423 e. The predicted molar refractivity (Wildman–Crippen MR) is 117 cm³/mol. The van der Waals surface area contributed by atoms with E-state index in [1.54, 1.807) is 4.90 Å². The number of nitro benzene ring substituents is 1. The van der Waals surface area contributed by atoms with Crippen LogP contribution in [0.4, 0.5) is 22.7 Å². The molecule has 0 bridgehead atoms. The van der Waals surface area contributed by atoms with E-state index in [2.05, 4.69) is 17.1 Å². The van der Waals surface area contributed by atoms with Crippen molar-refractivity contribution in [3.63, 3.8) is 0 Å². The van der Waals surface area contributed by atoms with Gasteiger partial charge in [0.1, 0.15) is 6.54 Å². The summed E-state index contributed by atoms with van der Waals surface area (Å²) in [5.74, 6) is -0.0175. The highest BCUT2D eigenvalue weighted by Gasteiger charge is 2.27. The lowest BCUT2D eigenvalue weighted by Gasteiger charge is -2.32. The van der Waals surface area contributed by atoms with E-state index in [4.69, 9.17) is 4.74 Å². The van der Waals surface area contributed by atoms with Gasteiger partial charge in [-0.15, -0.1) is 0 Å². The quantitative estimate of drug-likeness (QED) is 0.340. The molecule has 162 valence electrons. The van der Waals surface area contributed by atoms with Crippen molar-refractivity contribution >= 4 is 34.6 Å². The molecule has 2 aromatic rings. The number of carbonyl (C=O) groups excluding carboxylic acids is 2. The molecular formula is C22H24N4O5. The van der Waals surface area contributed by atoms with E-state index in [1.807, 2.05) is 24.3 Å². The monoisotopic (exact) mass is 424 g/mol. The summed E-state index contributed by atoms with van der Waals surface area (Å²) in [7, 11) is 0. The van der Waals surface area contributed by atoms with E-state index in [-0.39, 0.29) is 30.4 Å². The van der Waals surface area contributed by atoms with Crippen LogP contribution in [0.25, 0.3) is 0 Å². The van der Waals surface area contributed by atoms with E-state index in [0.717, 1.165) is 24.7 Å². The number of nitrogens with zero attached hydrogens (tertiary/aromatic N) is 3. The third kappa shape index (κ3) is 4.76. The Hall–Kier alpha value is -3.62. The largest absolute Gasteiger partial charge is 0.423 e. The molecule has 1 saturated heterocycles. The van der Waals surface area contributed by atoms with Gasteiger partial charge in [-0.3, -0.25) is 14.9 Å². The topological polar surface area (TPSA) is 105 Å². The van der Waals surface area contributed by atoms with E-state index in [1.165, 1.54) is 31.0 Å². The van der Waals surface area contributed by atoms with Gasteiger partial charge in [-0.2, -0.15) is 0 Å². The first-order chi connectivity index (χ1) is 14.9. The lowest BCUT2D eigenvalue weighted by atomic mass is 9.99. The SMILES string of the molecule is CC1CCN(c2ccc(NC(=O)CN3CC(=O)Oc4cc([N+](=O)[O-])ccc43)cc2)CC1. The zero-order valence-electron chi connectivity index (χ0n) is 17.2. The molecule has 2 aromatic carbocycles. The maximum Gasteiger partial charge on any atom is 0.331 e. The van der Waals surface area contributed by atoms with Crippen molar-refractivity contribution in [2.24, 2.45) is 5.92 Å². The molecule has 0 radical (unpaired) electrons. The molecular weight excluding hydrogens is 400 g/mol. The fourth-order valence-electron chi connectivity index (χ4n) is 3.89. The number of benzene rings is 2. The highest BCUT2D eigenvalue weighted by atomic mass is 16.6. The smallest absolute Gasteiger partial charge is 0.331 e. The van der Waals surface area contributed by atoms with Gasteiger partial charge in [0.2, 0.25) is 5.91 Å². The molecule has 1 amide bonds. The van der Waals surface area contributed by atoms with Crippen LogP contribution in [0.2, 0.25) is 0 Å². The van der Waals surface area contributed by atoms with Gasteiger partial charge < -0.3 is 19.9 Å². The summed E-state index contributed by atoms with van der Waals surface area (Å²) in [6, 6.07) is 11.7. The molecule has 0 unspecified atom stereocenters. The van der Waals surface area contributed by atoms with Crippen molar-refractivity contribution in [3.05, 3.63) is 52.6 Å². The first-order valence-electron chi connectivity index (χ1n) is 10.3. The fourth-order valence-corrected chi connectivity index (χ4v) is 3.89. The molecule has 1 fully saturated rings. The van der Waals surface area contributed by atoms with Crippen LogP contribution in [-0.4, -0.2) is 43.0 Å². The zero-order valence-corrected chi connectivity index (χ0v) is 17.2. The van der Waals surface area contributed by atoms with Crippen molar-refractivity contribution in [3.8, 4) is 5.75 Å². The average Bonchev–Trinajstić information content (AvgIpc) is 2.74. The number of nitrogens with one attached hydrogen (secondary N) is 1. The van der Waals surface area contributed by atoms with E-state index >= 15 is 0 Å². The molecule has 0 aliphatic carbocycles. The molecule has 0 atom stereocenters. The lowest BCUT2D eigenvalue weighted by molar-refractivity contribution is -0.384. The summed E-state index contributed by atoms with van der Waals surface area (Å²) >= 11 is 0. The van der Waals surface area contributed by atoms with Crippen molar-refractivity contribution < 1.29 is 19.2 Å². The Bertz CT molecular complexity index is 999. The Morgan fingerprint density at radius 1 is 1.19 bits per heavy atom. The standard InChI is InChI=1S/C22H24N4O5/c1-15-8-10-24(11-9-15)17-4-2-16(3-5-17)23-21(27)13-25-14-22(28)31-20-12-18(26(29)30)6-7-19(20)25/h2-7,12,15H,8-11,13-14H2,1H3,(H,23,27). The normalized spacial score (nSPS) is 16.5. The maximum atomic E-state index is 12.6. The molecule has 31 heavy (non-hydrogen) atoms. The number of non-ortho nitro benzene ring substituents is 1. The number of fused-ring (bicyclic) bond motifs is 1. The minimum atomic E-state index is -0.569. The molecule has 0 saturated carbocycles. The lowest BCUT2D eigenvalue weighted by Crippen LogP contribution is -2.41. The molecule has 2 aliphatic heterocycles. The Labute approximate surface area is 179 Å². The van der Waals surface area contributed by atoms with Gasteiger partial charge in [-0.05, 0) is 49.1 Å². The number of hydrogen-bond donors (Lipinski definition) is 1. The van der Waals surface area contributed by atoms with Crippen LogP contribution in [-0.2, 0) is 9.59 Å². The Morgan fingerprint density at radius 2 is 1.90 bits per heavy atom. The van der Waals surface area contributed by atoms with E-state index < -0.39 is 10.9 Å². The van der Waals surface area contributed by atoms with Crippen LogP contribution in [0.3, 0.4) is 0 Å². The van der Waals surface area contributed by atoms with Gasteiger partial charge in [0, 0.05) is 30.5 Å². The second-order valence-corrected chi connectivity index (χ2v) is 8.00. The van der Waals surface area contributed by atoms with Crippen LogP contribution < -0.4 is 19.9 Å². The van der Waals surface area contributed by atoms with Gasteiger partial charge in [-0.1, -0.05) is 6.92 Å². The highest BCUT2D eigenvalue weighted by molar-refractivity contribution is 5.96. The minimum absolute atomic E-state index is 0.0777. The molecule has 9 heteroatoms. The summed E-state index contributed by atoms with van der Waals surface area (Å²) in [6.07, 6.45) is 2.36. The molecule has 2 aliphatic rings. The van der Waals surface area contributed by atoms with Gasteiger partial charge in [0.15, 0.2) is 5.75 Å². The third-order valence-electron chi connectivity index (χ3n) is 5.67. The summed E-state index contributed by atoms with van der Waals surface area (Å²) in [5, 5.41) is 13.8. The van der Waals surface area contributed by atoms with Crippen LogP contribution in [0, 0.1) is 16.0 Å². The predicted octanol–water partition coefficient (Wildman–Crippen LogP) is 3.20. The van der Waals surface area contributed by atoms with Crippen molar-refractivity contribution in [2.75, 3.05) is 41.3 Å². The number of ether oxygens (including phenoxy) is 1. The van der Waals surface area contributed by atoms with Gasteiger partial charge in [0.25, 0.3) is 5.69 Å². The number of nitro groups is 1. The number of esters is 1. The number of carbonyl (C=O) groups is 2. The Kier molecular flexibility index (Phi) is 5.75. The maximum absolute atomic E-state index is 12.6. The number of anilines is 3. The fraction of sp³-hybridized carbons (Fsp3) is 0.364. The highest BCUT2D eigenvalue weighted by Crippen LogP contribution is 2.35. The molecule has 2 heterocycles. The summed E-state index contributed by atoms with van der Waals surface area (Å²) in [4.78, 5) is 38.8. The van der Waals surface area contributed by atoms with Crippen LogP contribution in [0.1, 0.15) is 19.8 Å². The second kappa shape index (κ2) is 8.63. The average molecular weight is 424 g/mol. The molecule has 9 nitrogen and oxygen atoms in total.